The summed E-state index contributed by atoms with van der Waals surface area (Å²) in [7, 11) is 0.593. The molecular formula is C5H11O5P. The molecule has 0 aromatic heterocycles. The van der Waals surface area contributed by atoms with Gasteiger partial charge in [0.1, 0.15) is 0 Å². The minimum atomic E-state index is -3.10. The van der Waals surface area contributed by atoms with Crippen LogP contribution in [0, 0.1) is 0 Å². The van der Waals surface area contributed by atoms with Gasteiger partial charge >= 0.3 is 5.97 Å². The number of hydrogen-bond acceptors (Lipinski definition) is 5. The maximum atomic E-state index is 10.6. The first kappa shape index (κ1) is 10.7. The maximum Gasteiger partial charge on any atom is 0.337 e. The summed E-state index contributed by atoms with van der Waals surface area (Å²) in [5.41, 5.74) is 0. The summed E-state index contributed by atoms with van der Waals surface area (Å²) in [5, 5.41) is 0. The van der Waals surface area contributed by atoms with E-state index < -0.39 is 13.5 Å². The summed E-state index contributed by atoms with van der Waals surface area (Å²) in [6.07, 6.45) is 0. The smallest absolute Gasteiger partial charge is 0.337 e. The Balaban J connectivity index is 4.46. The number of methoxy groups -OCH3 is 1. The van der Waals surface area contributed by atoms with E-state index >= 15 is 0 Å². The van der Waals surface area contributed by atoms with Crippen LogP contribution in [0.3, 0.4) is 0 Å². The third kappa shape index (κ3) is 3.53. The molecule has 0 aliphatic carbocycles. The second-order valence-electron chi connectivity index (χ2n) is 1.58. The van der Waals surface area contributed by atoms with Crippen molar-refractivity contribution in [2.75, 3.05) is 21.3 Å². The van der Waals surface area contributed by atoms with Gasteiger partial charge in [0, 0.05) is 14.2 Å². The van der Waals surface area contributed by atoms with Gasteiger partial charge in [-0.1, -0.05) is 0 Å². The quantitative estimate of drug-likeness (QED) is 0.492. The van der Waals surface area contributed by atoms with Crippen molar-refractivity contribution in [2.24, 2.45) is 0 Å². The van der Waals surface area contributed by atoms with Crippen LogP contribution in [0.15, 0.2) is 0 Å². The van der Waals surface area contributed by atoms with Crippen LogP contribution in [-0.2, 0) is 18.6 Å². The molecule has 0 radical (unpaired) electrons. The monoisotopic (exact) mass is 182 g/mol. The molecule has 11 heavy (non-hydrogen) atoms. The van der Waals surface area contributed by atoms with Crippen molar-refractivity contribution in [2.45, 2.75) is 0 Å². The normalized spacial score (nSPS) is 10.9. The Morgan fingerprint density at radius 1 is 1.36 bits per heavy atom. The molecule has 0 spiro atoms. The predicted molar refractivity (Wildman–Crippen MR) is 41.2 cm³/mol. The molecule has 0 amide bonds. The zero-order chi connectivity index (χ0) is 8.91. The van der Waals surface area contributed by atoms with E-state index in [0.717, 1.165) is 5.80 Å². The van der Waals surface area contributed by atoms with Crippen LogP contribution >= 0.6 is 7.57 Å². The van der Waals surface area contributed by atoms with Gasteiger partial charge in [-0.05, 0) is 0 Å². The predicted octanol–water partition coefficient (Wildman–Crippen LogP) is 0.00930. The Morgan fingerprint density at radius 3 is 2.09 bits per heavy atom. The lowest BCUT2D eigenvalue weighted by molar-refractivity contribution is -0.132. The molecule has 0 unspecified atom stereocenters. The third-order valence-electron chi connectivity index (χ3n) is 0.993. The second kappa shape index (κ2) is 4.51. The van der Waals surface area contributed by atoms with E-state index in [0.29, 0.717) is 0 Å². The van der Waals surface area contributed by atoms with Crippen molar-refractivity contribution >= 4 is 19.3 Å². The molecule has 0 aromatic rings. The average Bonchev–Trinajstić information content (AvgIpc) is 2.04. The van der Waals surface area contributed by atoms with Gasteiger partial charge in [-0.3, -0.25) is 0 Å². The summed E-state index contributed by atoms with van der Waals surface area (Å²) < 4.78 is 13.4. The van der Waals surface area contributed by atoms with E-state index in [1.807, 2.05) is 0 Å². The van der Waals surface area contributed by atoms with E-state index in [2.05, 4.69) is 13.8 Å². The zero-order valence-electron chi connectivity index (χ0n) is 6.60. The summed E-state index contributed by atoms with van der Waals surface area (Å²) in [5.74, 6) is 0.206. The molecule has 0 atom stereocenters. The van der Waals surface area contributed by atoms with Gasteiger partial charge in [0.2, 0.25) is 0 Å². The molecule has 66 valence electrons. The largest absolute Gasteiger partial charge is 0.466 e. The van der Waals surface area contributed by atoms with Gasteiger partial charge in [-0.2, -0.15) is 0 Å². The van der Waals surface area contributed by atoms with E-state index in [4.69, 9.17) is 0 Å². The minimum absolute atomic E-state index is 0.676. The van der Waals surface area contributed by atoms with E-state index in [1.54, 1.807) is 0 Å². The number of carbonyl (C=O) groups is 1. The first-order chi connectivity index (χ1) is 5.08. The summed E-state index contributed by atoms with van der Waals surface area (Å²) >= 11 is 0. The van der Waals surface area contributed by atoms with Gasteiger partial charge in [-0.25, -0.2) is 4.79 Å². The number of carbonyl (C=O) groups excluding carboxylic acids is 1. The van der Waals surface area contributed by atoms with E-state index in [-0.39, 0.29) is 0 Å². The average molecular weight is 182 g/mol. The fraction of sp³-hybridized carbons (Fsp3) is 0.600. The molecule has 0 saturated heterocycles. The van der Waals surface area contributed by atoms with Crippen molar-refractivity contribution in [3.05, 3.63) is 0 Å². The highest BCUT2D eigenvalue weighted by Crippen LogP contribution is 2.42. The molecule has 6 heteroatoms. The highest BCUT2D eigenvalue weighted by atomic mass is 31.2. The van der Waals surface area contributed by atoms with Gasteiger partial charge in [-0.15, -0.1) is 0 Å². The van der Waals surface area contributed by atoms with E-state index in [9.17, 15) is 9.69 Å². The van der Waals surface area contributed by atoms with Gasteiger partial charge in [0.15, 0.2) is 0 Å². The first-order valence-corrected chi connectivity index (χ1v) is 4.39. The van der Waals surface area contributed by atoms with Crippen LogP contribution in [0.4, 0.5) is 0 Å². The standard InChI is InChI=1S/C5H11O5P/c1-8-5(6)4-11(7,9-2)10-3/h4,7H,1-3H3. The number of hydrogen-bond donors (Lipinski definition) is 1. The lowest BCUT2D eigenvalue weighted by Crippen LogP contribution is -2.05. The van der Waals surface area contributed by atoms with Crippen LogP contribution in [0.2, 0.25) is 0 Å². The number of rotatable bonds is 3. The van der Waals surface area contributed by atoms with Crippen molar-refractivity contribution < 1.29 is 23.5 Å². The third-order valence-corrected chi connectivity index (χ3v) is 2.58. The van der Waals surface area contributed by atoms with Crippen molar-refractivity contribution in [1.82, 2.24) is 0 Å². The molecule has 0 bridgehead atoms. The SMILES string of the molecule is COC(=O)C=P(O)(OC)OC. The van der Waals surface area contributed by atoms with Crippen LogP contribution in [0.25, 0.3) is 0 Å². The van der Waals surface area contributed by atoms with Crippen molar-refractivity contribution in [3.8, 4) is 0 Å². The summed E-state index contributed by atoms with van der Waals surface area (Å²) in [6, 6.07) is 0. The van der Waals surface area contributed by atoms with E-state index in [1.165, 1.54) is 21.3 Å². The van der Waals surface area contributed by atoms with Crippen LogP contribution in [0.5, 0.6) is 0 Å². The molecule has 0 aliphatic rings. The maximum absolute atomic E-state index is 10.6. The summed E-state index contributed by atoms with van der Waals surface area (Å²) in [4.78, 5) is 19.8. The lowest BCUT2D eigenvalue weighted by Gasteiger charge is -2.12. The Labute approximate surface area is 65.1 Å². The fourth-order valence-electron chi connectivity index (χ4n) is 0.366. The molecule has 0 heterocycles. The molecule has 5 nitrogen and oxygen atoms in total. The Hall–Kier alpha value is -0.350. The van der Waals surface area contributed by atoms with Crippen LogP contribution in [-0.4, -0.2) is 38.0 Å². The molecule has 0 aromatic carbocycles. The Bertz CT molecular complexity index is 179. The van der Waals surface area contributed by atoms with Crippen molar-refractivity contribution in [1.29, 1.82) is 0 Å². The zero-order valence-corrected chi connectivity index (χ0v) is 7.50. The highest BCUT2D eigenvalue weighted by molar-refractivity contribution is 7.61. The molecule has 0 aliphatic heterocycles. The van der Waals surface area contributed by atoms with Crippen LogP contribution in [0.1, 0.15) is 0 Å². The summed E-state index contributed by atoms with van der Waals surface area (Å²) in [6.45, 7) is 0. The van der Waals surface area contributed by atoms with Gasteiger partial charge < -0.3 is 18.7 Å². The molecule has 0 fully saturated rings. The van der Waals surface area contributed by atoms with Gasteiger partial charge in [0.05, 0.1) is 12.9 Å². The Kier molecular flexibility index (Phi) is 4.37. The Morgan fingerprint density at radius 2 is 1.82 bits per heavy atom. The van der Waals surface area contributed by atoms with Gasteiger partial charge in [0.25, 0.3) is 7.57 Å². The highest BCUT2D eigenvalue weighted by Gasteiger charge is 2.13. The first-order valence-electron chi connectivity index (χ1n) is 2.75. The topological polar surface area (TPSA) is 65.0 Å². The molecule has 0 saturated carbocycles. The lowest BCUT2D eigenvalue weighted by atomic mass is 10.8. The fourth-order valence-corrected chi connectivity index (χ4v) is 1.10. The molecular weight excluding hydrogens is 171 g/mol. The van der Waals surface area contributed by atoms with Crippen LogP contribution < -0.4 is 0 Å². The number of esters is 1. The van der Waals surface area contributed by atoms with Crippen molar-refractivity contribution in [3.63, 3.8) is 0 Å². The number of ether oxygens (including phenoxy) is 1. The molecule has 1 N–H and O–H groups in total. The minimum Gasteiger partial charge on any atom is -0.466 e. The molecule has 0 rings (SSSR count). The second-order valence-corrected chi connectivity index (χ2v) is 3.70.